The van der Waals surface area contributed by atoms with E-state index in [0.717, 1.165) is 11.0 Å². The van der Waals surface area contributed by atoms with Crippen LogP contribution in [0.5, 0.6) is 0 Å². The largest absolute Gasteiger partial charge is 0.464 e. The van der Waals surface area contributed by atoms with E-state index >= 15 is 0 Å². The molecule has 0 aliphatic heterocycles. The van der Waals surface area contributed by atoms with Gasteiger partial charge >= 0.3 is 6.09 Å². The summed E-state index contributed by atoms with van der Waals surface area (Å²) < 4.78 is 0.738. The third-order valence-corrected chi connectivity index (χ3v) is 4.97. The molecule has 126 valence electrons. The van der Waals surface area contributed by atoms with Crippen molar-refractivity contribution in [3.8, 4) is 0 Å². The molecule has 4 heteroatoms. The van der Waals surface area contributed by atoms with Crippen molar-refractivity contribution in [1.29, 1.82) is 0 Å². The lowest BCUT2D eigenvalue weighted by atomic mass is 9.84. The minimum atomic E-state index is -1.24. The molecule has 1 aromatic carbocycles. The van der Waals surface area contributed by atoms with Crippen molar-refractivity contribution >= 4 is 6.09 Å². The second kappa shape index (κ2) is 7.47. The summed E-state index contributed by atoms with van der Waals surface area (Å²) in [7, 11) is 0. The fourth-order valence-corrected chi connectivity index (χ4v) is 3.55. The summed E-state index contributed by atoms with van der Waals surface area (Å²) >= 11 is 0. The van der Waals surface area contributed by atoms with Gasteiger partial charge in [-0.1, -0.05) is 49.6 Å². The van der Waals surface area contributed by atoms with Gasteiger partial charge in [0.15, 0.2) is 0 Å². The Bertz CT molecular complexity index is 755. The van der Waals surface area contributed by atoms with E-state index in [1.54, 1.807) is 12.1 Å². The molecule has 1 aliphatic carbocycles. The number of rotatable bonds is 4. The first-order valence-electron chi connectivity index (χ1n) is 8.68. The van der Waals surface area contributed by atoms with Crippen LogP contribution in [0.3, 0.4) is 0 Å². The zero-order valence-electron chi connectivity index (χ0n) is 13.8. The fraction of sp³-hybridized carbons (Fsp3) is 0.400. The van der Waals surface area contributed by atoms with Crippen LogP contribution >= 0.6 is 0 Å². The predicted octanol–water partition coefficient (Wildman–Crippen LogP) is 4.21. The maximum atomic E-state index is 12.1. The van der Waals surface area contributed by atoms with Crippen LogP contribution in [0, 0.1) is 0 Å². The van der Waals surface area contributed by atoms with E-state index in [9.17, 15) is 9.59 Å². The molecule has 0 atom stereocenters. The van der Waals surface area contributed by atoms with Crippen molar-refractivity contribution < 1.29 is 9.90 Å². The van der Waals surface area contributed by atoms with Crippen LogP contribution in [0.4, 0.5) is 4.79 Å². The number of carbonyl (C=O) groups is 1. The number of benzene rings is 1. The van der Waals surface area contributed by atoms with Gasteiger partial charge in [0.1, 0.15) is 0 Å². The van der Waals surface area contributed by atoms with Crippen molar-refractivity contribution in [2.24, 2.45) is 0 Å². The van der Waals surface area contributed by atoms with Gasteiger partial charge in [-0.3, -0.25) is 4.79 Å². The summed E-state index contributed by atoms with van der Waals surface area (Å²) in [5.74, 6) is 0.699. The minimum absolute atomic E-state index is 0.441. The average Bonchev–Trinajstić information content (AvgIpc) is 2.62. The lowest BCUT2D eigenvalue weighted by molar-refractivity contribution is 0.195. The van der Waals surface area contributed by atoms with E-state index in [-0.39, 0.29) is 0 Å². The van der Waals surface area contributed by atoms with E-state index in [0.29, 0.717) is 17.9 Å². The molecule has 24 heavy (non-hydrogen) atoms. The minimum Gasteiger partial charge on any atom is -0.464 e. The van der Waals surface area contributed by atoms with Crippen molar-refractivity contribution in [2.45, 2.75) is 50.9 Å². The Hall–Kier alpha value is -2.36. The first-order chi connectivity index (χ1) is 11.6. The summed E-state index contributed by atoms with van der Waals surface area (Å²) in [5.41, 5.74) is 2.70. The summed E-state index contributed by atoms with van der Waals surface area (Å²) in [6.07, 6.45) is 7.94. The van der Waals surface area contributed by atoms with Gasteiger partial charge in [-0.05, 0) is 48.8 Å². The smallest absolute Gasteiger partial charge is 0.418 e. The molecule has 3 rings (SSSR count). The molecule has 2 aromatic rings. The first-order valence-corrected chi connectivity index (χ1v) is 8.68. The SMILES string of the molecule is O=C(O)n1cccc(CCc2ccc(C3CCCCC3)cc2)c1=O. The van der Waals surface area contributed by atoms with Gasteiger partial charge in [0, 0.05) is 11.8 Å². The molecule has 0 radical (unpaired) electrons. The summed E-state index contributed by atoms with van der Waals surface area (Å²) in [5, 5.41) is 8.99. The standard InChI is InChI=1S/C20H23NO3/c22-19-18(7-4-14-21(19)20(23)24)13-10-15-8-11-17(12-9-15)16-5-2-1-3-6-16/h4,7-9,11-12,14,16H,1-3,5-6,10,13H2,(H,23,24). The molecule has 1 aliphatic rings. The zero-order chi connectivity index (χ0) is 16.9. The van der Waals surface area contributed by atoms with Crippen LogP contribution in [-0.2, 0) is 12.8 Å². The molecular formula is C20H23NO3. The third-order valence-electron chi connectivity index (χ3n) is 4.97. The number of hydrogen-bond acceptors (Lipinski definition) is 2. The van der Waals surface area contributed by atoms with Crippen molar-refractivity contribution in [2.75, 3.05) is 0 Å². The molecule has 1 fully saturated rings. The van der Waals surface area contributed by atoms with Crippen LogP contribution in [0.15, 0.2) is 47.4 Å². The zero-order valence-corrected chi connectivity index (χ0v) is 13.8. The van der Waals surface area contributed by atoms with Crippen molar-refractivity contribution in [3.05, 3.63) is 69.6 Å². The molecule has 0 saturated heterocycles. The maximum Gasteiger partial charge on any atom is 0.418 e. The lowest BCUT2D eigenvalue weighted by Gasteiger charge is -2.22. The number of nitrogens with zero attached hydrogens (tertiary/aromatic N) is 1. The Balaban J connectivity index is 1.66. The average molecular weight is 325 g/mol. The van der Waals surface area contributed by atoms with Crippen LogP contribution in [0.2, 0.25) is 0 Å². The Labute approximate surface area is 141 Å². The monoisotopic (exact) mass is 325 g/mol. The number of pyridine rings is 1. The highest BCUT2D eigenvalue weighted by atomic mass is 16.4. The Kier molecular flexibility index (Phi) is 5.14. The predicted molar refractivity (Wildman–Crippen MR) is 93.8 cm³/mol. The molecular weight excluding hydrogens is 302 g/mol. The van der Waals surface area contributed by atoms with E-state index in [1.807, 2.05) is 0 Å². The first kappa shape index (κ1) is 16.5. The van der Waals surface area contributed by atoms with Crippen molar-refractivity contribution in [3.63, 3.8) is 0 Å². The van der Waals surface area contributed by atoms with Gasteiger partial charge < -0.3 is 5.11 Å². The van der Waals surface area contributed by atoms with Crippen LogP contribution in [0.25, 0.3) is 0 Å². The molecule has 0 unspecified atom stereocenters. The van der Waals surface area contributed by atoms with E-state index < -0.39 is 11.7 Å². The molecule has 0 amide bonds. The highest BCUT2D eigenvalue weighted by Crippen LogP contribution is 2.32. The van der Waals surface area contributed by atoms with Gasteiger partial charge in [0.05, 0.1) is 0 Å². The maximum absolute atomic E-state index is 12.1. The lowest BCUT2D eigenvalue weighted by Crippen LogP contribution is -2.27. The second-order valence-electron chi connectivity index (χ2n) is 6.57. The number of hydrogen-bond donors (Lipinski definition) is 1. The summed E-state index contributed by atoms with van der Waals surface area (Å²) in [6.45, 7) is 0. The topological polar surface area (TPSA) is 59.3 Å². The van der Waals surface area contributed by atoms with Crippen LogP contribution < -0.4 is 5.56 Å². The van der Waals surface area contributed by atoms with Gasteiger partial charge in [0.25, 0.3) is 5.56 Å². The molecule has 0 bridgehead atoms. The highest BCUT2D eigenvalue weighted by Gasteiger charge is 2.15. The van der Waals surface area contributed by atoms with Crippen LogP contribution in [-0.4, -0.2) is 15.8 Å². The number of carboxylic acid groups (broad SMARTS) is 1. The van der Waals surface area contributed by atoms with Gasteiger partial charge in [0.2, 0.25) is 0 Å². The van der Waals surface area contributed by atoms with Gasteiger partial charge in [-0.2, -0.15) is 0 Å². The Morgan fingerprint density at radius 2 is 1.75 bits per heavy atom. The van der Waals surface area contributed by atoms with Crippen molar-refractivity contribution in [1.82, 2.24) is 4.57 Å². The number of aryl methyl sites for hydroxylation is 2. The third kappa shape index (κ3) is 3.75. The quantitative estimate of drug-likeness (QED) is 0.916. The molecule has 1 saturated carbocycles. The summed E-state index contributed by atoms with van der Waals surface area (Å²) in [6, 6.07) is 12.0. The van der Waals surface area contributed by atoms with E-state index in [4.69, 9.17) is 5.11 Å². The molecule has 1 N–H and O–H groups in total. The Morgan fingerprint density at radius 3 is 2.42 bits per heavy atom. The molecule has 4 nitrogen and oxygen atoms in total. The van der Waals surface area contributed by atoms with Gasteiger partial charge in [-0.25, -0.2) is 9.36 Å². The van der Waals surface area contributed by atoms with Gasteiger partial charge in [-0.15, -0.1) is 0 Å². The van der Waals surface area contributed by atoms with E-state index in [2.05, 4.69) is 24.3 Å². The summed E-state index contributed by atoms with van der Waals surface area (Å²) in [4.78, 5) is 23.1. The second-order valence-corrected chi connectivity index (χ2v) is 6.57. The molecule has 1 aromatic heterocycles. The normalized spacial score (nSPS) is 15.3. The number of aromatic nitrogens is 1. The molecule has 0 spiro atoms. The molecule has 1 heterocycles. The highest BCUT2D eigenvalue weighted by molar-refractivity contribution is 5.67. The fourth-order valence-electron chi connectivity index (χ4n) is 3.55. The van der Waals surface area contributed by atoms with Crippen LogP contribution in [0.1, 0.15) is 54.7 Å². The Morgan fingerprint density at radius 1 is 1.04 bits per heavy atom. The van der Waals surface area contributed by atoms with E-state index in [1.165, 1.54) is 49.4 Å².